The minimum Gasteiger partial charge on any atom is -0.492 e. The van der Waals surface area contributed by atoms with Crippen molar-refractivity contribution in [3.63, 3.8) is 0 Å². The fraction of sp³-hybridized carbons (Fsp3) is 0.417. The van der Waals surface area contributed by atoms with E-state index < -0.39 is 5.97 Å². The Balaban J connectivity index is 2.54. The number of hydrogen-bond donors (Lipinski definition) is 2. The molecule has 0 aliphatic rings. The van der Waals surface area contributed by atoms with Gasteiger partial charge in [-0.15, -0.1) is 0 Å². The Morgan fingerprint density at radius 1 is 1.44 bits per heavy atom. The van der Waals surface area contributed by atoms with Crippen LogP contribution in [0.3, 0.4) is 0 Å². The Kier molecular flexibility index (Phi) is 4.79. The van der Waals surface area contributed by atoms with Gasteiger partial charge in [0.1, 0.15) is 12.4 Å². The molecule has 0 aliphatic heterocycles. The fourth-order valence-electron chi connectivity index (χ4n) is 1.34. The zero-order chi connectivity index (χ0) is 12.0. The van der Waals surface area contributed by atoms with Crippen LogP contribution in [0.2, 0.25) is 0 Å². The minimum atomic E-state index is -0.775. The normalized spacial score (nSPS) is 12.1. The molecule has 0 amide bonds. The van der Waals surface area contributed by atoms with E-state index in [0.29, 0.717) is 19.6 Å². The molecule has 0 saturated heterocycles. The Hall–Kier alpha value is -1.55. The molecule has 88 valence electrons. The first-order valence-corrected chi connectivity index (χ1v) is 5.28. The van der Waals surface area contributed by atoms with Crippen molar-refractivity contribution < 1.29 is 14.6 Å². The third-order valence-electron chi connectivity index (χ3n) is 2.27. The summed E-state index contributed by atoms with van der Waals surface area (Å²) in [6.07, 6.45) is 0.534. The number of benzene rings is 1. The lowest BCUT2D eigenvalue weighted by Gasteiger charge is -2.08. The molecule has 0 heterocycles. The molecule has 4 heteroatoms. The number of carboxylic acid groups (broad SMARTS) is 1. The van der Waals surface area contributed by atoms with Gasteiger partial charge in [-0.2, -0.15) is 0 Å². The maximum atomic E-state index is 10.7. The maximum absolute atomic E-state index is 10.7. The number of ether oxygens (including phenoxy) is 1. The summed E-state index contributed by atoms with van der Waals surface area (Å²) >= 11 is 0. The first kappa shape index (κ1) is 12.5. The third-order valence-corrected chi connectivity index (χ3v) is 2.27. The summed E-state index contributed by atoms with van der Waals surface area (Å²) in [6, 6.07) is 7.43. The second-order valence-electron chi connectivity index (χ2n) is 3.72. The van der Waals surface area contributed by atoms with Gasteiger partial charge in [0.25, 0.3) is 0 Å². The van der Waals surface area contributed by atoms with Crippen LogP contribution >= 0.6 is 0 Å². The van der Waals surface area contributed by atoms with Crippen molar-refractivity contribution in [1.82, 2.24) is 0 Å². The second kappa shape index (κ2) is 6.12. The topological polar surface area (TPSA) is 72.5 Å². The first-order valence-electron chi connectivity index (χ1n) is 5.28. The van der Waals surface area contributed by atoms with Crippen molar-refractivity contribution in [2.45, 2.75) is 13.3 Å². The van der Waals surface area contributed by atoms with Crippen LogP contribution in [-0.4, -0.2) is 24.2 Å². The summed E-state index contributed by atoms with van der Waals surface area (Å²) in [4.78, 5) is 10.7. The Morgan fingerprint density at radius 3 is 2.56 bits per heavy atom. The van der Waals surface area contributed by atoms with Gasteiger partial charge in [0.05, 0.1) is 5.92 Å². The van der Waals surface area contributed by atoms with Gasteiger partial charge < -0.3 is 15.6 Å². The molecular weight excluding hydrogens is 206 g/mol. The van der Waals surface area contributed by atoms with Crippen molar-refractivity contribution in [1.29, 1.82) is 0 Å². The molecule has 0 saturated carbocycles. The molecule has 3 N–H and O–H groups in total. The van der Waals surface area contributed by atoms with E-state index in [-0.39, 0.29) is 5.92 Å². The Labute approximate surface area is 95.0 Å². The molecule has 1 unspecified atom stereocenters. The van der Waals surface area contributed by atoms with E-state index in [1.54, 1.807) is 6.92 Å². The lowest BCUT2D eigenvalue weighted by atomic mass is 10.0. The molecule has 0 fully saturated rings. The number of rotatable bonds is 6. The van der Waals surface area contributed by atoms with Gasteiger partial charge in [-0.25, -0.2) is 0 Å². The monoisotopic (exact) mass is 223 g/mol. The highest BCUT2D eigenvalue weighted by molar-refractivity contribution is 5.69. The third kappa shape index (κ3) is 3.90. The summed E-state index contributed by atoms with van der Waals surface area (Å²) in [5, 5.41) is 8.78. The van der Waals surface area contributed by atoms with Gasteiger partial charge in [0, 0.05) is 6.54 Å². The SMILES string of the molecule is CC(Cc1ccc(OCCN)cc1)C(=O)O. The standard InChI is InChI=1S/C12H17NO3/c1-9(12(14)15)8-10-2-4-11(5-3-10)16-7-6-13/h2-5,9H,6-8,13H2,1H3,(H,14,15). The van der Waals surface area contributed by atoms with Crippen molar-refractivity contribution in [3.05, 3.63) is 29.8 Å². The van der Waals surface area contributed by atoms with Crippen LogP contribution in [0.4, 0.5) is 0 Å². The van der Waals surface area contributed by atoms with Gasteiger partial charge in [-0.1, -0.05) is 19.1 Å². The Bertz CT molecular complexity index is 335. The van der Waals surface area contributed by atoms with Gasteiger partial charge in [0.15, 0.2) is 0 Å². The lowest BCUT2D eigenvalue weighted by Crippen LogP contribution is -2.12. The summed E-state index contributed by atoms with van der Waals surface area (Å²) in [5.41, 5.74) is 6.31. The number of hydrogen-bond acceptors (Lipinski definition) is 3. The number of aliphatic carboxylic acids is 1. The molecule has 4 nitrogen and oxygen atoms in total. The molecule has 16 heavy (non-hydrogen) atoms. The van der Waals surface area contributed by atoms with Crippen LogP contribution in [0.25, 0.3) is 0 Å². The summed E-state index contributed by atoms with van der Waals surface area (Å²) in [5.74, 6) is -0.378. The van der Waals surface area contributed by atoms with E-state index in [9.17, 15) is 4.79 Å². The minimum absolute atomic E-state index is 0.365. The second-order valence-corrected chi connectivity index (χ2v) is 3.72. The van der Waals surface area contributed by atoms with Gasteiger partial charge in [-0.05, 0) is 24.1 Å². The van der Waals surface area contributed by atoms with Crippen molar-refractivity contribution in [2.24, 2.45) is 11.7 Å². The van der Waals surface area contributed by atoms with Crippen molar-refractivity contribution in [2.75, 3.05) is 13.2 Å². The molecule has 0 spiro atoms. The zero-order valence-corrected chi connectivity index (χ0v) is 9.35. The molecule has 0 aliphatic carbocycles. The maximum Gasteiger partial charge on any atom is 0.306 e. The van der Waals surface area contributed by atoms with E-state index in [1.807, 2.05) is 24.3 Å². The van der Waals surface area contributed by atoms with E-state index in [1.165, 1.54) is 0 Å². The molecule has 0 bridgehead atoms. The highest BCUT2D eigenvalue weighted by Crippen LogP contribution is 2.15. The molecule has 0 aromatic heterocycles. The quantitative estimate of drug-likeness (QED) is 0.762. The van der Waals surface area contributed by atoms with Gasteiger partial charge >= 0.3 is 5.97 Å². The van der Waals surface area contributed by atoms with E-state index in [0.717, 1.165) is 11.3 Å². The van der Waals surface area contributed by atoms with Crippen LogP contribution in [0.1, 0.15) is 12.5 Å². The van der Waals surface area contributed by atoms with Crippen LogP contribution in [-0.2, 0) is 11.2 Å². The first-order chi connectivity index (χ1) is 7.63. The zero-order valence-electron chi connectivity index (χ0n) is 9.35. The van der Waals surface area contributed by atoms with Crippen LogP contribution in [0, 0.1) is 5.92 Å². The summed E-state index contributed by atoms with van der Waals surface area (Å²) < 4.78 is 5.32. The van der Waals surface area contributed by atoms with Gasteiger partial charge in [0.2, 0.25) is 0 Å². The van der Waals surface area contributed by atoms with E-state index >= 15 is 0 Å². The van der Waals surface area contributed by atoms with Gasteiger partial charge in [-0.3, -0.25) is 4.79 Å². The predicted molar refractivity (Wildman–Crippen MR) is 61.5 cm³/mol. The molecule has 0 radical (unpaired) electrons. The molecule has 1 rings (SSSR count). The predicted octanol–water partition coefficient (Wildman–Crippen LogP) is 1.29. The number of carboxylic acids is 1. The largest absolute Gasteiger partial charge is 0.492 e. The molecule has 1 aromatic carbocycles. The lowest BCUT2D eigenvalue weighted by molar-refractivity contribution is -0.141. The molecule has 1 aromatic rings. The molecular formula is C12H17NO3. The van der Waals surface area contributed by atoms with Crippen LogP contribution in [0.5, 0.6) is 5.75 Å². The molecule has 1 atom stereocenters. The highest BCUT2D eigenvalue weighted by Gasteiger charge is 2.11. The smallest absolute Gasteiger partial charge is 0.306 e. The summed E-state index contributed by atoms with van der Waals surface area (Å²) in [6.45, 7) is 2.67. The Morgan fingerprint density at radius 2 is 2.06 bits per heavy atom. The van der Waals surface area contributed by atoms with Crippen molar-refractivity contribution in [3.8, 4) is 5.75 Å². The van der Waals surface area contributed by atoms with Crippen LogP contribution < -0.4 is 10.5 Å². The summed E-state index contributed by atoms with van der Waals surface area (Å²) in [7, 11) is 0. The average molecular weight is 223 g/mol. The van der Waals surface area contributed by atoms with Crippen molar-refractivity contribution >= 4 is 5.97 Å². The number of carbonyl (C=O) groups is 1. The number of nitrogens with two attached hydrogens (primary N) is 1. The van der Waals surface area contributed by atoms with E-state index in [2.05, 4.69) is 0 Å². The highest BCUT2D eigenvalue weighted by atomic mass is 16.5. The van der Waals surface area contributed by atoms with Crippen LogP contribution in [0.15, 0.2) is 24.3 Å². The van der Waals surface area contributed by atoms with E-state index in [4.69, 9.17) is 15.6 Å². The fourth-order valence-corrected chi connectivity index (χ4v) is 1.34. The average Bonchev–Trinajstić information content (AvgIpc) is 2.28.